The Morgan fingerprint density at radius 3 is 2.50 bits per heavy atom. The predicted molar refractivity (Wildman–Crippen MR) is 113 cm³/mol. The van der Waals surface area contributed by atoms with Crippen LogP contribution in [0.15, 0.2) is 71.5 Å². The van der Waals surface area contributed by atoms with Gasteiger partial charge in [0.05, 0.1) is 18.0 Å². The summed E-state index contributed by atoms with van der Waals surface area (Å²) in [6, 6.07) is 16.8. The van der Waals surface area contributed by atoms with Gasteiger partial charge in [0.25, 0.3) is 5.91 Å². The first-order chi connectivity index (χ1) is 14.6. The van der Waals surface area contributed by atoms with Gasteiger partial charge in [0, 0.05) is 25.2 Å². The van der Waals surface area contributed by atoms with Crippen LogP contribution in [0.4, 0.5) is 0 Å². The molecule has 154 valence electrons. The number of furan rings is 1. The second-order valence-electron chi connectivity index (χ2n) is 7.60. The first-order valence-corrected chi connectivity index (χ1v) is 10.2. The van der Waals surface area contributed by atoms with E-state index in [0.717, 1.165) is 16.8 Å². The second kappa shape index (κ2) is 8.95. The van der Waals surface area contributed by atoms with Crippen molar-refractivity contribution in [2.24, 2.45) is 5.92 Å². The van der Waals surface area contributed by atoms with Crippen molar-refractivity contribution in [3.8, 4) is 0 Å². The van der Waals surface area contributed by atoms with Crippen molar-refractivity contribution in [1.82, 2.24) is 15.2 Å². The Balaban J connectivity index is 1.45. The fourth-order valence-electron chi connectivity index (χ4n) is 3.93. The standard InChI is InChI=1S/C24H25N3O3/c1-17-7-2-3-8-19(17)22(20-9-4-5-13-25-20)26-23(28)18-11-14-27(15-12-18)24(29)21-10-6-16-30-21/h2-10,13,16,18,22H,11-12,14-15H2,1H3,(H,26,28). The van der Waals surface area contributed by atoms with Gasteiger partial charge in [-0.1, -0.05) is 30.3 Å². The van der Waals surface area contributed by atoms with Gasteiger partial charge in [0.2, 0.25) is 5.91 Å². The molecule has 1 fully saturated rings. The van der Waals surface area contributed by atoms with Crippen molar-refractivity contribution in [2.75, 3.05) is 13.1 Å². The lowest BCUT2D eigenvalue weighted by Gasteiger charge is -2.32. The average molecular weight is 403 g/mol. The number of aromatic nitrogens is 1. The maximum absolute atomic E-state index is 13.1. The van der Waals surface area contributed by atoms with Crippen LogP contribution in [0.1, 0.15) is 46.3 Å². The lowest BCUT2D eigenvalue weighted by Crippen LogP contribution is -2.44. The molecular weight excluding hydrogens is 378 g/mol. The maximum Gasteiger partial charge on any atom is 0.289 e. The molecule has 1 saturated heterocycles. The van der Waals surface area contributed by atoms with Crippen molar-refractivity contribution in [1.29, 1.82) is 0 Å². The highest BCUT2D eigenvalue weighted by atomic mass is 16.3. The van der Waals surface area contributed by atoms with Crippen LogP contribution in [-0.2, 0) is 4.79 Å². The number of benzene rings is 1. The van der Waals surface area contributed by atoms with E-state index in [9.17, 15) is 9.59 Å². The first kappa shape index (κ1) is 19.9. The van der Waals surface area contributed by atoms with Gasteiger partial charge >= 0.3 is 0 Å². The maximum atomic E-state index is 13.1. The van der Waals surface area contributed by atoms with Gasteiger partial charge in [0.15, 0.2) is 5.76 Å². The largest absolute Gasteiger partial charge is 0.459 e. The molecule has 4 rings (SSSR count). The molecule has 0 spiro atoms. The monoisotopic (exact) mass is 403 g/mol. The molecule has 1 aromatic carbocycles. The van der Waals surface area contributed by atoms with Crippen molar-refractivity contribution in [3.63, 3.8) is 0 Å². The predicted octanol–water partition coefficient (Wildman–Crippen LogP) is 3.74. The Bertz CT molecular complexity index is 994. The minimum absolute atomic E-state index is 0.000922. The molecular formula is C24H25N3O3. The Morgan fingerprint density at radius 1 is 1.07 bits per heavy atom. The lowest BCUT2D eigenvalue weighted by atomic mass is 9.93. The summed E-state index contributed by atoms with van der Waals surface area (Å²) in [4.78, 5) is 31.8. The highest BCUT2D eigenvalue weighted by molar-refractivity contribution is 5.91. The normalized spacial score (nSPS) is 15.6. The Morgan fingerprint density at radius 2 is 1.83 bits per heavy atom. The number of piperidine rings is 1. The lowest BCUT2D eigenvalue weighted by molar-refractivity contribution is -0.126. The van der Waals surface area contributed by atoms with E-state index in [1.54, 1.807) is 23.2 Å². The van der Waals surface area contributed by atoms with Crippen molar-refractivity contribution in [3.05, 3.63) is 89.6 Å². The molecule has 2 aromatic heterocycles. The van der Waals surface area contributed by atoms with Crippen LogP contribution in [0, 0.1) is 12.8 Å². The SMILES string of the molecule is Cc1ccccc1C(NC(=O)C1CCN(C(=O)c2ccco2)CC1)c1ccccn1. The summed E-state index contributed by atoms with van der Waals surface area (Å²) < 4.78 is 5.21. The van der Waals surface area contributed by atoms with E-state index in [4.69, 9.17) is 4.42 Å². The summed E-state index contributed by atoms with van der Waals surface area (Å²) in [5.74, 6) is 0.0812. The summed E-state index contributed by atoms with van der Waals surface area (Å²) in [5.41, 5.74) is 2.95. The van der Waals surface area contributed by atoms with Crippen molar-refractivity contribution >= 4 is 11.8 Å². The molecule has 1 atom stereocenters. The van der Waals surface area contributed by atoms with E-state index in [1.807, 2.05) is 49.4 Å². The summed E-state index contributed by atoms with van der Waals surface area (Å²) in [6.07, 6.45) is 4.49. The van der Waals surface area contributed by atoms with Gasteiger partial charge in [-0.2, -0.15) is 0 Å². The molecule has 3 aromatic rings. The highest BCUT2D eigenvalue weighted by Crippen LogP contribution is 2.26. The van der Waals surface area contributed by atoms with Gasteiger partial charge < -0.3 is 14.6 Å². The molecule has 0 radical (unpaired) electrons. The molecule has 0 bridgehead atoms. The highest BCUT2D eigenvalue weighted by Gasteiger charge is 2.30. The van der Waals surface area contributed by atoms with Gasteiger partial charge in [0.1, 0.15) is 0 Å². The van der Waals surface area contributed by atoms with Gasteiger partial charge in [-0.3, -0.25) is 14.6 Å². The van der Waals surface area contributed by atoms with E-state index >= 15 is 0 Å². The van der Waals surface area contributed by atoms with Gasteiger partial charge in [-0.25, -0.2) is 0 Å². The second-order valence-corrected chi connectivity index (χ2v) is 7.60. The topological polar surface area (TPSA) is 75.4 Å². The van der Waals surface area contributed by atoms with Crippen LogP contribution in [0.2, 0.25) is 0 Å². The number of hydrogen-bond donors (Lipinski definition) is 1. The molecule has 2 amide bonds. The minimum atomic E-state index is -0.303. The Labute approximate surface area is 175 Å². The molecule has 6 heteroatoms. The number of rotatable bonds is 5. The zero-order valence-electron chi connectivity index (χ0n) is 17.0. The molecule has 3 heterocycles. The minimum Gasteiger partial charge on any atom is -0.459 e. The smallest absolute Gasteiger partial charge is 0.289 e. The summed E-state index contributed by atoms with van der Waals surface area (Å²) >= 11 is 0. The van der Waals surface area contributed by atoms with Crippen LogP contribution < -0.4 is 5.32 Å². The van der Waals surface area contributed by atoms with Crippen molar-refractivity contribution in [2.45, 2.75) is 25.8 Å². The molecule has 1 unspecified atom stereocenters. The molecule has 1 aliphatic rings. The van der Waals surface area contributed by atoms with Crippen LogP contribution in [0.5, 0.6) is 0 Å². The van der Waals surface area contributed by atoms with E-state index < -0.39 is 0 Å². The van der Waals surface area contributed by atoms with E-state index in [1.165, 1.54) is 6.26 Å². The number of amides is 2. The van der Waals surface area contributed by atoms with Crippen LogP contribution in [0.3, 0.4) is 0 Å². The van der Waals surface area contributed by atoms with Crippen molar-refractivity contribution < 1.29 is 14.0 Å². The first-order valence-electron chi connectivity index (χ1n) is 10.2. The third-order valence-electron chi connectivity index (χ3n) is 5.65. The van der Waals surface area contributed by atoms with E-state index in [2.05, 4.69) is 10.3 Å². The molecule has 1 aliphatic heterocycles. The number of carbonyl (C=O) groups is 2. The number of aryl methyl sites for hydroxylation is 1. The third kappa shape index (κ3) is 4.27. The summed E-state index contributed by atoms with van der Waals surface area (Å²) in [7, 11) is 0. The number of carbonyl (C=O) groups excluding carboxylic acids is 2. The number of nitrogens with one attached hydrogen (secondary N) is 1. The molecule has 30 heavy (non-hydrogen) atoms. The van der Waals surface area contributed by atoms with Crippen LogP contribution in [0.25, 0.3) is 0 Å². The molecule has 0 aliphatic carbocycles. The zero-order valence-corrected chi connectivity index (χ0v) is 17.0. The number of likely N-dealkylation sites (tertiary alicyclic amines) is 1. The van der Waals surface area contributed by atoms with Crippen LogP contribution in [-0.4, -0.2) is 34.8 Å². The summed E-state index contributed by atoms with van der Waals surface area (Å²) in [6.45, 7) is 3.11. The fraction of sp³-hybridized carbons (Fsp3) is 0.292. The fourth-order valence-corrected chi connectivity index (χ4v) is 3.93. The van der Waals surface area contributed by atoms with Gasteiger partial charge in [-0.05, 0) is 55.2 Å². The summed E-state index contributed by atoms with van der Waals surface area (Å²) in [5, 5.41) is 3.21. The van der Waals surface area contributed by atoms with E-state index in [-0.39, 0.29) is 23.8 Å². The molecule has 0 saturated carbocycles. The van der Waals surface area contributed by atoms with Crippen LogP contribution >= 0.6 is 0 Å². The van der Waals surface area contributed by atoms with E-state index in [0.29, 0.717) is 31.7 Å². The zero-order chi connectivity index (χ0) is 20.9. The number of hydrogen-bond acceptors (Lipinski definition) is 4. The number of nitrogens with zero attached hydrogens (tertiary/aromatic N) is 2. The third-order valence-corrected chi connectivity index (χ3v) is 5.65. The average Bonchev–Trinajstić information content (AvgIpc) is 3.33. The number of pyridine rings is 1. The molecule has 6 nitrogen and oxygen atoms in total. The quantitative estimate of drug-likeness (QED) is 0.704. The van der Waals surface area contributed by atoms with Gasteiger partial charge in [-0.15, -0.1) is 0 Å². The Hall–Kier alpha value is -3.41. The Kier molecular flexibility index (Phi) is 5.93. The molecule has 1 N–H and O–H groups in total.